The van der Waals surface area contributed by atoms with Crippen LogP contribution in [0.2, 0.25) is 0 Å². The highest BCUT2D eigenvalue weighted by Crippen LogP contribution is 2.11. The molecule has 0 spiro atoms. The molecule has 0 amide bonds. The predicted molar refractivity (Wildman–Crippen MR) is 40.5 cm³/mol. The van der Waals surface area contributed by atoms with E-state index >= 15 is 0 Å². The van der Waals surface area contributed by atoms with E-state index in [1.54, 1.807) is 0 Å². The normalized spacial score (nSPS) is 12.4. The Morgan fingerprint density at radius 3 is 2.67 bits per heavy atom. The molecule has 0 aliphatic carbocycles. The lowest BCUT2D eigenvalue weighted by Crippen LogP contribution is -2.21. The van der Waals surface area contributed by atoms with Gasteiger partial charge in [0.25, 0.3) is 0 Å². The summed E-state index contributed by atoms with van der Waals surface area (Å²) in [4.78, 5) is 14.0. The molecule has 1 aromatic heterocycles. The summed E-state index contributed by atoms with van der Waals surface area (Å²) in [6.45, 7) is 0. The van der Waals surface area contributed by atoms with Crippen LogP contribution < -0.4 is 5.73 Å². The number of carboxylic acids is 1. The summed E-state index contributed by atoms with van der Waals surface area (Å²) in [6.07, 6.45) is 1.15. The van der Waals surface area contributed by atoms with Gasteiger partial charge in [-0.25, -0.2) is 0 Å². The van der Waals surface area contributed by atoms with Crippen LogP contribution in [-0.2, 0) is 4.79 Å². The van der Waals surface area contributed by atoms with Crippen molar-refractivity contribution >= 4 is 5.97 Å². The molecule has 1 heterocycles. The van der Waals surface area contributed by atoms with Crippen molar-refractivity contribution in [3.8, 4) is 5.75 Å². The van der Waals surface area contributed by atoms with Crippen LogP contribution >= 0.6 is 0 Å². The van der Waals surface area contributed by atoms with Crippen LogP contribution in [0.1, 0.15) is 11.7 Å². The Hall–Kier alpha value is -1.62. The molecule has 5 nitrogen and oxygen atoms in total. The number of pyridine rings is 1. The molecule has 0 radical (unpaired) electrons. The van der Waals surface area contributed by atoms with E-state index in [0.29, 0.717) is 0 Å². The largest absolute Gasteiger partial charge is 0.506 e. The lowest BCUT2D eigenvalue weighted by molar-refractivity contribution is -0.138. The Balaban J connectivity index is 2.89. The minimum absolute atomic E-state index is 0.0173. The molecule has 5 heteroatoms. The molecular formula is C7H8N2O3. The Kier molecular flexibility index (Phi) is 2.25. The molecule has 0 aliphatic heterocycles. The highest BCUT2D eigenvalue weighted by atomic mass is 16.4. The summed E-state index contributed by atoms with van der Waals surface area (Å²) in [5.74, 6) is -1.16. The number of aromatic nitrogens is 1. The number of rotatable bonds is 2. The first-order chi connectivity index (χ1) is 5.61. The molecule has 12 heavy (non-hydrogen) atoms. The lowest BCUT2D eigenvalue weighted by Gasteiger charge is -2.04. The molecule has 0 unspecified atom stereocenters. The predicted octanol–water partition coefficient (Wildman–Crippen LogP) is -0.128. The third-order valence-corrected chi connectivity index (χ3v) is 1.36. The first kappa shape index (κ1) is 8.48. The SMILES string of the molecule is N[C@H](C(=O)O)c1ccc(O)cn1. The zero-order chi connectivity index (χ0) is 9.14. The maximum atomic E-state index is 10.4. The fourth-order valence-electron chi connectivity index (χ4n) is 0.708. The van der Waals surface area contributed by atoms with Crippen LogP contribution in [-0.4, -0.2) is 21.2 Å². The van der Waals surface area contributed by atoms with E-state index in [2.05, 4.69) is 4.98 Å². The monoisotopic (exact) mass is 168 g/mol. The number of aromatic hydroxyl groups is 1. The second-order valence-electron chi connectivity index (χ2n) is 2.26. The number of nitrogens with zero attached hydrogens (tertiary/aromatic N) is 1. The van der Waals surface area contributed by atoms with E-state index in [1.807, 2.05) is 0 Å². The topological polar surface area (TPSA) is 96.4 Å². The second-order valence-corrected chi connectivity index (χ2v) is 2.26. The maximum Gasteiger partial charge on any atom is 0.326 e. The van der Waals surface area contributed by atoms with Crippen molar-refractivity contribution in [3.05, 3.63) is 24.0 Å². The molecule has 0 saturated carbocycles. The van der Waals surface area contributed by atoms with Gasteiger partial charge in [-0.05, 0) is 12.1 Å². The fraction of sp³-hybridized carbons (Fsp3) is 0.143. The van der Waals surface area contributed by atoms with Crippen molar-refractivity contribution in [3.63, 3.8) is 0 Å². The van der Waals surface area contributed by atoms with Gasteiger partial charge in [0.15, 0.2) is 0 Å². The Morgan fingerprint density at radius 1 is 1.58 bits per heavy atom. The average molecular weight is 168 g/mol. The molecule has 1 rings (SSSR count). The van der Waals surface area contributed by atoms with E-state index in [1.165, 1.54) is 12.1 Å². The lowest BCUT2D eigenvalue weighted by atomic mass is 10.2. The number of hydrogen-bond donors (Lipinski definition) is 3. The van der Waals surface area contributed by atoms with Crippen molar-refractivity contribution in [2.45, 2.75) is 6.04 Å². The molecule has 0 aliphatic rings. The van der Waals surface area contributed by atoms with Gasteiger partial charge in [0.05, 0.1) is 11.9 Å². The van der Waals surface area contributed by atoms with Crippen LogP contribution in [0.5, 0.6) is 5.75 Å². The molecule has 4 N–H and O–H groups in total. The number of carboxylic acid groups (broad SMARTS) is 1. The second kappa shape index (κ2) is 3.19. The van der Waals surface area contributed by atoms with E-state index < -0.39 is 12.0 Å². The number of aliphatic carboxylic acids is 1. The van der Waals surface area contributed by atoms with Gasteiger partial charge in [-0.15, -0.1) is 0 Å². The molecule has 0 bridgehead atoms. The van der Waals surface area contributed by atoms with Crippen molar-refractivity contribution in [2.75, 3.05) is 0 Å². The molecule has 64 valence electrons. The molecule has 0 saturated heterocycles. The third kappa shape index (κ3) is 1.70. The zero-order valence-corrected chi connectivity index (χ0v) is 6.14. The summed E-state index contributed by atoms with van der Waals surface area (Å²) < 4.78 is 0. The first-order valence-corrected chi connectivity index (χ1v) is 3.24. The van der Waals surface area contributed by atoms with Crippen LogP contribution in [0.25, 0.3) is 0 Å². The smallest absolute Gasteiger partial charge is 0.326 e. The van der Waals surface area contributed by atoms with E-state index in [4.69, 9.17) is 15.9 Å². The van der Waals surface area contributed by atoms with Gasteiger partial charge in [0.2, 0.25) is 0 Å². The minimum Gasteiger partial charge on any atom is -0.506 e. The highest BCUT2D eigenvalue weighted by Gasteiger charge is 2.14. The van der Waals surface area contributed by atoms with Gasteiger partial charge in [0.1, 0.15) is 11.8 Å². The average Bonchev–Trinajstić information content (AvgIpc) is 2.04. The van der Waals surface area contributed by atoms with Gasteiger partial charge in [-0.2, -0.15) is 0 Å². The van der Waals surface area contributed by atoms with Crippen molar-refractivity contribution in [1.82, 2.24) is 4.98 Å². The third-order valence-electron chi connectivity index (χ3n) is 1.36. The number of nitrogens with two attached hydrogens (primary N) is 1. The van der Waals surface area contributed by atoms with Crippen molar-refractivity contribution in [2.24, 2.45) is 5.73 Å². The zero-order valence-electron chi connectivity index (χ0n) is 6.14. The molecular weight excluding hydrogens is 160 g/mol. The van der Waals surface area contributed by atoms with Crippen LogP contribution in [0.15, 0.2) is 18.3 Å². The van der Waals surface area contributed by atoms with Crippen molar-refractivity contribution in [1.29, 1.82) is 0 Å². The summed E-state index contributed by atoms with van der Waals surface area (Å²) >= 11 is 0. The maximum absolute atomic E-state index is 10.4. The molecule has 1 atom stereocenters. The van der Waals surface area contributed by atoms with E-state index in [9.17, 15) is 4.79 Å². The fourth-order valence-corrected chi connectivity index (χ4v) is 0.708. The summed E-state index contributed by atoms with van der Waals surface area (Å²) in [5.41, 5.74) is 5.47. The van der Waals surface area contributed by atoms with E-state index in [0.717, 1.165) is 6.20 Å². The first-order valence-electron chi connectivity index (χ1n) is 3.24. The minimum atomic E-state index is -1.15. The molecule has 0 fully saturated rings. The van der Waals surface area contributed by atoms with Crippen LogP contribution in [0, 0.1) is 0 Å². The quantitative estimate of drug-likeness (QED) is 0.571. The van der Waals surface area contributed by atoms with Crippen molar-refractivity contribution < 1.29 is 15.0 Å². The summed E-state index contributed by atoms with van der Waals surface area (Å²) in [6, 6.07) is 1.57. The Morgan fingerprint density at radius 2 is 2.25 bits per heavy atom. The van der Waals surface area contributed by atoms with E-state index in [-0.39, 0.29) is 11.4 Å². The van der Waals surface area contributed by atoms with Gasteiger partial charge < -0.3 is 15.9 Å². The highest BCUT2D eigenvalue weighted by molar-refractivity contribution is 5.74. The number of carbonyl (C=O) groups is 1. The molecule has 0 aromatic carbocycles. The van der Waals surface area contributed by atoms with Crippen LogP contribution in [0.3, 0.4) is 0 Å². The Bertz CT molecular complexity index is 283. The molecule has 1 aromatic rings. The van der Waals surface area contributed by atoms with Gasteiger partial charge >= 0.3 is 5.97 Å². The van der Waals surface area contributed by atoms with Gasteiger partial charge in [0, 0.05) is 0 Å². The van der Waals surface area contributed by atoms with Gasteiger partial charge in [-0.3, -0.25) is 9.78 Å². The van der Waals surface area contributed by atoms with Crippen LogP contribution in [0.4, 0.5) is 0 Å². The standard InChI is InChI=1S/C7H8N2O3/c8-6(7(11)12)5-2-1-4(10)3-9-5/h1-3,6,10H,8H2,(H,11,12)/t6-/m0/s1. The Labute approximate surface area is 68.5 Å². The summed E-state index contributed by atoms with van der Waals surface area (Å²) in [7, 11) is 0. The number of hydrogen-bond acceptors (Lipinski definition) is 4. The summed E-state index contributed by atoms with van der Waals surface area (Å²) in [5, 5.41) is 17.3. The van der Waals surface area contributed by atoms with Gasteiger partial charge in [-0.1, -0.05) is 0 Å².